The number of anilines is 2. The number of nitrogens with one attached hydrogen (secondary N) is 2. The monoisotopic (exact) mass is 396 g/mol. The van der Waals surface area contributed by atoms with Crippen LogP contribution in [0.1, 0.15) is 38.5 Å². The predicted octanol–water partition coefficient (Wildman–Crippen LogP) is 3.00. The zero-order valence-electron chi connectivity index (χ0n) is 15.7. The second-order valence-electron chi connectivity index (χ2n) is 7.16. The maximum absolute atomic E-state index is 12.7. The van der Waals surface area contributed by atoms with Crippen LogP contribution in [-0.4, -0.2) is 43.1 Å². The summed E-state index contributed by atoms with van der Waals surface area (Å²) in [6.45, 7) is 1.14. The Labute approximate surface area is 166 Å². The van der Waals surface area contributed by atoms with E-state index in [2.05, 4.69) is 10.6 Å². The van der Waals surface area contributed by atoms with Gasteiger partial charge in [-0.1, -0.05) is 12.8 Å². The number of amides is 3. The molecule has 1 aromatic rings. The van der Waals surface area contributed by atoms with E-state index in [-0.39, 0.29) is 36.3 Å². The van der Waals surface area contributed by atoms with Gasteiger partial charge in [-0.05, 0) is 37.8 Å². The van der Waals surface area contributed by atoms with E-state index in [0.29, 0.717) is 30.2 Å². The molecule has 1 saturated heterocycles. The summed E-state index contributed by atoms with van der Waals surface area (Å²) in [7, 11) is 1.57. The molecule has 4 N–H and O–H groups in total. The normalized spacial score (nSPS) is 19.9. The van der Waals surface area contributed by atoms with Crippen LogP contribution in [0, 0.1) is 5.92 Å². The van der Waals surface area contributed by atoms with Gasteiger partial charge in [-0.2, -0.15) is 0 Å². The van der Waals surface area contributed by atoms with E-state index in [1.807, 2.05) is 0 Å². The van der Waals surface area contributed by atoms with Crippen LogP contribution in [-0.2, 0) is 4.79 Å². The molecule has 2 fully saturated rings. The number of hydrogen-bond acceptors (Lipinski definition) is 4. The van der Waals surface area contributed by atoms with Crippen LogP contribution in [0.4, 0.5) is 16.2 Å². The van der Waals surface area contributed by atoms with E-state index in [4.69, 9.17) is 10.5 Å². The van der Waals surface area contributed by atoms with Gasteiger partial charge in [0.15, 0.2) is 0 Å². The third-order valence-corrected chi connectivity index (χ3v) is 5.28. The first-order valence-corrected chi connectivity index (χ1v) is 9.36. The second-order valence-corrected chi connectivity index (χ2v) is 7.16. The number of halogens is 1. The zero-order valence-corrected chi connectivity index (χ0v) is 16.5. The molecule has 0 bridgehead atoms. The lowest BCUT2D eigenvalue weighted by Crippen LogP contribution is -2.49. The molecule has 3 rings (SSSR count). The Bertz CT molecular complexity index is 664. The minimum Gasteiger partial charge on any atom is -0.497 e. The van der Waals surface area contributed by atoms with Gasteiger partial charge in [0, 0.05) is 25.2 Å². The average Bonchev–Trinajstić information content (AvgIpc) is 3.16. The van der Waals surface area contributed by atoms with E-state index in [9.17, 15) is 9.59 Å². The fourth-order valence-corrected chi connectivity index (χ4v) is 3.72. The number of methoxy groups -OCH3 is 1. The molecule has 1 aliphatic carbocycles. The van der Waals surface area contributed by atoms with Gasteiger partial charge in [0.05, 0.1) is 24.4 Å². The summed E-state index contributed by atoms with van der Waals surface area (Å²) in [4.78, 5) is 26.9. The van der Waals surface area contributed by atoms with Gasteiger partial charge >= 0.3 is 6.03 Å². The molecular weight excluding hydrogens is 368 g/mol. The van der Waals surface area contributed by atoms with Crippen LogP contribution >= 0.6 is 12.4 Å². The molecule has 1 heterocycles. The van der Waals surface area contributed by atoms with Crippen molar-refractivity contribution in [1.29, 1.82) is 0 Å². The molecule has 1 saturated carbocycles. The van der Waals surface area contributed by atoms with Gasteiger partial charge in [0.2, 0.25) is 5.91 Å². The smallest absolute Gasteiger partial charge is 0.317 e. The Morgan fingerprint density at radius 3 is 2.63 bits per heavy atom. The summed E-state index contributed by atoms with van der Waals surface area (Å²) in [5.41, 5.74) is 6.98. The van der Waals surface area contributed by atoms with Crippen molar-refractivity contribution in [2.24, 2.45) is 5.92 Å². The highest BCUT2D eigenvalue weighted by Gasteiger charge is 2.30. The molecule has 2 aliphatic rings. The standard InChI is InChI=1S/C19H28N4O3.ClH/c1-26-15-8-9-16(20)17(11-15)22-18(24)13-5-4-10-23(12-13)19(25)21-14-6-2-3-7-14;/h8-9,11,13-14H,2-7,10,12,20H2,1H3,(H,21,25)(H,22,24);1H. The van der Waals surface area contributed by atoms with E-state index < -0.39 is 0 Å². The number of carbonyl (C=O) groups is 2. The quantitative estimate of drug-likeness (QED) is 0.681. The molecular formula is C19H29ClN4O3. The van der Waals surface area contributed by atoms with Crippen LogP contribution in [0.15, 0.2) is 18.2 Å². The fourth-order valence-electron chi connectivity index (χ4n) is 3.72. The summed E-state index contributed by atoms with van der Waals surface area (Å²) in [6, 6.07) is 5.40. The Balaban J connectivity index is 0.00000261. The first-order chi connectivity index (χ1) is 12.6. The van der Waals surface area contributed by atoms with E-state index in [0.717, 1.165) is 25.7 Å². The molecule has 27 heavy (non-hydrogen) atoms. The van der Waals surface area contributed by atoms with Crippen LogP contribution < -0.4 is 21.1 Å². The summed E-state index contributed by atoms with van der Waals surface area (Å²) in [5.74, 6) is 0.294. The maximum Gasteiger partial charge on any atom is 0.317 e. The average molecular weight is 397 g/mol. The van der Waals surface area contributed by atoms with Crippen molar-refractivity contribution in [2.45, 2.75) is 44.6 Å². The Kier molecular flexibility index (Phi) is 7.59. The van der Waals surface area contributed by atoms with Crippen molar-refractivity contribution in [2.75, 3.05) is 31.2 Å². The molecule has 0 spiro atoms. The number of nitrogens with zero attached hydrogens (tertiary/aromatic N) is 1. The summed E-state index contributed by atoms with van der Waals surface area (Å²) < 4.78 is 5.18. The molecule has 1 atom stereocenters. The van der Waals surface area contributed by atoms with Crippen molar-refractivity contribution >= 4 is 35.7 Å². The number of urea groups is 1. The number of ether oxygens (including phenoxy) is 1. The first-order valence-electron chi connectivity index (χ1n) is 9.36. The van der Waals surface area contributed by atoms with Gasteiger partial charge in [-0.25, -0.2) is 4.79 Å². The number of carbonyl (C=O) groups excluding carboxylic acids is 2. The minimum atomic E-state index is -0.233. The molecule has 7 nitrogen and oxygen atoms in total. The Hall–Kier alpha value is -2.15. The van der Waals surface area contributed by atoms with Crippen LogP contribution in [0.3, 0.4) is 0 Å². The van der Waals surface area contributed by atoms with Gasteiger partial charge < -0.3 is 26.0 Å². The zero-order chi connectivity index (χ0) is 18.5. The van der Waals surface area contributed by atoms with Crippen molar-refractivity contribution in [3.63, 3.8) is 0 Å². The van der Waals surface area contributed by atoms with Gasteiger partial charge in [0.25, 0.3) is 0 Å². The number of piperidine rings is 1. The predicted molar refractivity (Wildman–Crippen MR) is 108 cm³/mol. The summed E-state index contributed by atoms with van der Waals surface area (Å²) in [6.07, 6.45) is 6.06. The number of nitrogen functional groups attached to an aromatic ring is 1. The number of nitrogens with two attached hydrogens (primary N) is 1. The largest absolute Gasteiger partial charge is 0.497 e. The maximum atomic E-state index is 12.7. The third-order valence-electron chi connectivity index (χ3n) is 5.28. The highest BCUT2D eigenvalue weighted by Crippen LogP contribution is 2.26. The van der Waals surface area contributed by atoms with Crippen LogP contribution in [0.2, 0.25) is 0 Å². The summed E-state index contributed by atoms with van der Waals surface area (Å²) >= 11 is 0. The lowest BCUT2D eigenvalue weighted by molar-refractivity contribution is -0.121. The molecule has 1 unspecified atom stereocenters. The van der Waals surface area contributed by atoms with Crippen molar-refractivity contribution in [3.8, 4) is 5.75 Å². The molecule has 3 amide bonds. The fraction of sp³-hybridized carbons (Fsp3) is 0.579. The SMILES string of the molecule is COc1ccc(N)c(NC(=O)C2CCCN(C(=O)NC3CCCC3)C2)c1.Cl. The number of rotatable bonds is 4. The molecule has 0 radical (unpaired) electrons. The Morgan fingerprint density at radius 1 is 1.19 bits per heavy atom. The van der Waals surface area contributed by atoms with Crippen LogP contribution in [0.25, 0.3) is 0 Å². The highest BCUT2D eigenvalue weighted by atomic mass is 35.5. The molecule has 1 aromatic carbocycles. The molecule has 1 aliphatic heterocycles. The third kappa shape index (κ3) is 5.42. The summed E-state index contributed by atoms with van der Waals surface area (Å²) in [5, 5.41) is 5.99. The van der Waals surface area contributed by atoms with Gasteiger partial charge in [-0.15, -0.1) is 12.4 Å². The molecule has 0 aromatic heterocycles. The highest BCUT2D eigenvalue weighted by molar-refractivity contribution is 5.96. The lowest BCUT2D eigenvalue weighted by atomic mass is 9.97. The molecule has 8 heteroatoms. The number of hydrogen-bond donors (Lipinski definition) is 3. The number of likely N-dealkylation sites (tertiary alicyclic amines) is 1. The van der Waals surface area contributed by atoms with Gasteiger partial charge in [0.1, 0.15) is 5.75 Å². The number of benzene rings is 1. The van der Waals surface area contributed by atoms with E-state index >= 15 is 0 Å². The topological polar surface area (TPSA) is 96.7 Å². The van der Waals surface area contributed by atoms with Crippen LogP contribution in [0.5, 0.6) is 5.75 Å². The van der Waals surface area contributed by atoms with E-state index in [1.54, 1.807) is 30.2 Å². The van der Waals surface area contributed by atoms with Crippen molar-refractivity contribution in [3.05, 3.63) is 18.2 Å². The lowest BCUT2D eigenvalue weighted by Gasteiger charge is -2.33. The molecule has 150 valence electrons. The van der Waals surface area contributed by atoms with Crippen molar-refractivity contribution < 1.29 is 14.3 Å². The second kappa shape index (κ2) is 9.69. The van der Waals surface area contributed by atoms with E-state index in [1.165, 1.54) is 12.8 Å². The van der Waals surface area contributed by atoms with Gasteiger partial charge in [-0.3, -0.25) is 4.79 Å². The Morgan fingerprint density at radius 2 is 1.93 bits per heavy atom. The first kappa shape index (κ1) is 21.2. The minimum absolute atomic E-state index is 0. The van der Waals surface area contributed by atoms with Crippen molar-refractivity contribution in [1.82, 2.24) is 10.2 Å².